The quantitative estimate of drug-likeness (QED) is 0.555. The number of carbonyl (C=O) groups is 2. The maximum Gasteiger partial charge on any atom is 0.328 e. The van der Waals surface area contributed by atoms with E-state index in [1.165, 1.54) is 24.3 Å². The molecule has 2 aromatic rings. The van der Waals surface area contributed by atoms with Gasteiger partial charge in [0.05, 0.1) is 4.90 Å². The monoisotopic (exact) mass is 405 g/mol. The number of hydrogen-bond donors (Lipinski definition) is 3. The summed E-state index contributed by atoms with van der Waals surface area (Å²) in [7, 11) is -3.99. The van der Waals surface area contributed by atoms with Gasteiger partial charge in [-0.2, -0.15) is 0 Å². The second-order valence-corrected chi connectivity index (χ2v) is 7.57. The van der Waals surface area contributed by atoms with Crippen LogP contribution in [-0.2, 0) is 14.8 Å². The van der Waals surface area contributed by atoms with Crippen LogP contribution in [0, 0.1) is 0 Å². The van der Waals surface area contributed by atoms with Crippen LogP contribution in [0.15, 0.2) is 59.5 Å². The minimum absolute atomic E-state index is 0.0864. The van der Waals surface area contributed by atoms with Crippen LogP contribution in [-0.4, -0.2) is 33.5 Å². The molecule has 0 spiro atoms. The van der Waals surface area contributed by atoms with Crippen LogP contribution in [0.1, 0.15) is 19.8 Å². The standard InChI is InChI=1S/C19H23N3O5S/c1-2-3-13-20-19(24)22-28(25,26)17-11-9-15(10-12-17)21-18(23)14-27-16-7-5-4-6-8-16/h4-12H,2-3,13-14H2,1H3,(H,21,23)(H2,20,22,24). The first-order valence-corrected chi connectivity index (χ1v) is 10.3. The number of anilines is 1. The number of carbonyl (C=O) groups excluding carboxylic acids is 2. The molecule has 0 saturated heterocycles. The second kappa shape index (κ2) is 10.3. The molecule has 0 radical (unpaired) electrons. The third kappa shape index (κ3) is 6.92. The van der Waals surface area contributed by atoms with Crippen LogP contribution in [0.3, 0.4) is 0 Å². The normalized spacial score (nSPS) is 10.8. The van der Waals surface area contributed by atoms with Crippen molar-refractivity contribution in [3.63, 3.8) is 0 Å². The first-order valence-electron chi connectivity index (χ1n) is 8.79. The third-order valence-corrected chi connectivity index (χ3v) is 4.95. The number of rotatable bonds is 9. The molecule has 0 unspecified atom stereocenters. The molecule has 3 N–H and O–H groups in total. The number of urea groups is 1. The minimum atomic E-state index is -3.99. The van der Waals surface area contributed by atoms with Gasteiger partial charge in [0.1, 0.15) is 5.75 Å². The Bertz CT molecular complexity index is 884. The minimum Gasteiger partial charge on any atom is -0.484 e. The van der Waals surface area contributed by atoms with E-state index in [0.717, 1.165) is 12.8 Å². The van der Waals surface area contributed by atoms with E-state index in [2.05, 4.69) is 10.6 Å². The fourth-order valence-corrected chi connectivity index (χ4v) is 3.10. The Morgan fingerprint density at radius 2 is 1.68 bits per heavy atom. The van der Waals surface area contributed by atoms with Crippen LogP contribution in [0.25, 0.3) is 0 Å². The summed E-state index contributed by atoms with van der Waals surface area (Å²) in [5.41, 5.74) is 0.410. The largest absolute Gasteiger partial charge is 0.484 e. The lowest BCUT2D eigenvalue weighted by atomic mass is 10.3. The third-order valence-electron chi connectivity index (χ3n) is 3.60. The van der Waals surface area contributed by atoms with E-state index in [1.54, 1.807) is 24.3 Å². The van der Waals surface area contributed by atoms with Crippen LogP contribution in [0.5, 0.6) is 5.75 Å². The summed E-state index contributed by atoms with van der Waals surface area (Å²) in [4.78, 5) is 23.5. The van der Waals surface area contributed by atoms with Gasteiger partial charge in [0.25, 0.3) is 15.9 Å². The number of benzene rings is 2. The van der Waals surface area contributed by atoms with E-state index in [4.69, 9.17) is 4.74 Å². The lowest BCUT2D eigenvalue weighted by Crippen LogP contribution is -2.39. The number of sulfonamides is 1. The number of para-hydroxylation sites is 1. The van der Waals surface area contributed by atoms with Crippen molar-refractivity contribution in [2.24, 2.45) is 0 Å². The van der Waals surface area contributed by atoms with Gasteiger partial charge in [0, 0.05) is 12.2 Å². The maximum absolute atomic E-state index is 12.2. The highest BCUT2D eigenvalue weighted by Gasteiger charge is 2.17. The number of hydrogen-bond acceptors (Lipinski definition) is 5. The molecular weight excluding hydrogens is 382 g/mol. The van der Waals surface area contributed by atoms with Crippen LogP contribution < -0.4 is 20.1 Å². The van der Waals surface area contributed by atoms with Gasteiger partial charge in [0.15, 0.2) is 6.61 Å². The Labute approximate surface area is 164 Å². The zero-order valence-electron chi connectivity index (χ0n) is 15.5. The molecule has 0 aromatic heterocycles. The van der Waals surface area contributed by atoms with E-state index in [0.29, 0.717) is 18.0 Å². The van der Waals surface area contributed by atoms with Crippen molar-refractivity contribution >= 4 is 27.6 Å². The first kappa shape index (κ1) is 21.2. The van der Waals surface area contributed by atoms with Crippen molar-refractivity contribution < 1.29 is 22.7 Å². The predicted octanol–water partition coefficient (Wildman–Crippen LogP) is 2.49. The van der Waals surface area contributed by atoms with Gasteiger partial charge in [-0.15, -0.1) is 0 Å². The SMILES string of the molecule is CCCCNC(=O)NS(=O)(=O)c1ccc(NC(=O)COc2ccccc2)cc1. The van der Waals surface area contributed by atoms with E-state index < -0.39 is 16.1 Å². The van der Waals surface area contributed by atoms with Crippen LogP contribution in [0.4, 0.5) is 10.5 Å². The molecule has 0 aliphatic rings. The van der Waals surface area contributed by atoms with E-state index in [9.17, 15) is 18.0 Å². The Morgan fingerprint density at radius 3 is 2.32 bits per heavy atom. The molecule has 3 amide bonds. The summed E-state index contributed by atoms with van der Waals surface area (Å²) < 4.78 is 31.7. The first-order chi connectivity index (χ1) is 13.4. The van der Waals surface area contributed by atoms with Gasteiger partial charge >= 0.3 is 6.03 Å². The number of nitrogens with one attached hydrogen (secondary N) is 3. The Morgan fingerprint density at radius 1 is 1.00 bits per heavy atom. The fraction of sp³-hybridized carbons (Fsp3) is 0.263. The van der Waals surface area contributed by atoms with Crippen LogP contribution >= 0.6 is 0 Å². The van der Waals surface area contributed by atoms with Gasteiger partial charge in [-0.3, -0.25) is 4.79 Å². The van der Waals surface area contributed by atoms with Gasteiger partial charge in [-0.25, -0.2) is 17.9 Å². The van der Waals surface area contributed by atoms with Crippen molar-refractivity contribution in [1.82, 2.24) is 10.0 Å². The molecule has 2 aromatic carbocycles. The van der Waals surface area contributed by atoms with Crippen molar-refractivity contribution in [2.75, 3.05) is 18.5 Å². The number of unbranched alkanes of at least 4 members (excludes halogenated alkanes) is 1. The highest BCUT2D eigenvalue weighted by atomic mass is 32.2. The second-order valence-electron chi connectivity index (χ2n) is 5.89. The summed E-state index contributed by atoms with van der Waals surface area (Å²) in [6.07, 6.45) is 1.65. The molecule has 0 atom stereocenters. The number of amides is 3. The zero-order valence-corrected chi connectivity index (χ0v) is 16.3. The van der Waals surface area contributed by atoms with Gasteiger partial charge in [-0.1, -0.05) is 31.5 Å². The summed E-state index contributed by atoms with van der Waals surface area (Å²) in [5.74, 6) is 0.190. The molecule has 0 heterocycles. The average Bonchev–Trinajstić information content (AvgIpc) is 2.67. The van der Waals surface area contributed by atoms with Crippen LogP contribution in [0.2, 0.25) is 0 Å². The van der Waals surface area contributed by atoms with E-state index >= 15 is 0 Å². The van der Waals surface area contributed by atoms with Gasteiger partial charge < -0.3 is 15.4 Å². The van der Waals surface area contributed by atoms with E-state index in [1.807, 2.05) is 17.7 Å². The van der Waals surface area contributed by atoms with Gasteiger partial charge in [-0.05, 0) is 42.8 Å². The molecule has 9 heteroatoms. The molecule has 0 fully saturated rings. The summed E-state index contributed by atoms with van der Waals surface area (Å²) in [6.45, 7) is 2.18. The molecular formula is C19H23N3O5S. The Hall–Kier alpha value is -3.07. The smallest absolute Gasteiger partial charge is 0.328 e. The molecule has 0 aliphatic carbocycles. The molecule has 0 bridgehead atoms. The molecule has 2 rings (SSSR count). The van der Waals surface area contributed by atoms with Crippen molar-refractivity contribution in [2.45, 2.75) is 24.7 Å². The topological polar surface area (TPSA) is 114 Å². The zero-order chi connectivity index (χ0) is 20.4. The van der Waals surface area contributed by atoms with Crippen molar-refractivity contribution in [1.29, 1.82) is 0 Å². The molecule has 0 saturated carbocycles. The molecule has 28 heavy (non-hydrogen) atoms. The predicted molar refractivity (Wildman–Crippen MR) is 106 cm³/mol. The molecule has 0 aliphatic heterocycles. The molecule has 150 valence electrons. The lowest BCUT2D eigenvalue weighted by molar-refractivity contribution is -0.118. The Balaban J connectivity index is 1.87. The lowest BCUT2D eigenvalue weighted by Gasteiger charge is -2.10. The summed E-state index contributed by atoms with van der Waals surface area (Å²) >= 11 is 0. The number of ether oxygens (including phenoxy) is 1. The highest BCUT2D eigenvalue weighted by molar-refractivity contribution is 7.90. The van der Waals surface area contributed by atoms with Crippen molar-refractivity contribution in [3.05, 3.63) is 54.6 Å². The average molecular weight is 405 g/mol. The fourth-order valence-electron chi connectivity index (χ4n) is 2.18. The van der Waals surface area contributed by atoms with Gasteiger partial charge in [0.2, 0.25) is 0 Å². The maximum atomic E-state index is 12.2. The Kier molecular flexibility index (Phi) is 7.82. The highest BCUT2D eigenvalue weighted by Crippen LogP contribution is 2.14. The summed E-state index contributed by atoms with van der Waals surface area (Å²) in [6, 6.07) is 13.6. The van der Waals surface area contributed by atoms with E-state index in [-0.39, 0.29) is 17.4 Å². The molecule has 8 nitrogen and oxygen atoms in total. The summed E-state index contributed by atoms with van der Waals surface area (Å²) in [5, 5.41) is 5.08. The van der Waals surface area contributed by atoms with Crippen molar-refractivity contribution in [3.8, 4) is 5.75 Å².